The summed E-state index contributed by atoms with van der Waals surface area (Å²) in [5, 5.41) is 4.12. The fraction of sp³-hybridized carbons (Fsp3) is 0.750. The Hall–Kier alpha value is -1.55. The van der Waals surface area contributed by atoms with E-state index in [0.29, 0.717) is 12.2 Å². The van der Waals surface area contributed by atoms with Crippen LogP contribution in [-0.2, 0) is 11.8 Å². The minimum absolute atomic E-state index is 0.196. The number of hydrogen-bond acceptors (Lipinski definition) is 5. The zero-order chi connectivity index (χ0) is 19.8. The summed E-state index contributed by atoms with van der Waals surface area (Å²) in [5.74, 6) is -2.78. The molecule has 0 saturated carbocycles. The molecule has 7 nitrogen and oxygen atoms in total. The first kappa shape index (κ1) is 20.8. The molecule has 0 aromatic carbocycles. The highest BCUT2D eigenvalue weighted by Crippen LogP contribution is 2.36. The summed E-state index contributed by atoms with van der Waals surface area (Å²) in [6.45, 7) is 5.61. The number of alkyl halides is 2. The molecule has 1 aliphatic rings. The number of carbonyl (C=O) groups is 1. The van der Waals surface area contributed by atoms with Crippen LogP contribution in [0.4, 0.5) is 19.3 Å². The molecule has 0 radical (unpaired) electrons. The first-order valence-corrected chi connectivity index (χ1v) is 9.17. The SMILES string of the molecule is Cn1cc(N(SNC(=O)OC(C)(C)C)C2CC(F)(F)C[N+](C)(C)C2)cn1. The highest BCUT2D eigenvalue weighted by atomic mass is 32.2. The first-order valence-electron chi connectivity index (χ1n) is 8.40. The van der Waals surface area contributed by atoms with Gasteiger partial charge in [-0.05, 0) is 20.8 Å². The number of nitrogens with one attached hydrogen (secondary N) is 1. The number of nitrogens with zero attached hydrogens (tertiary/aromatic N) is 4. The maximum atomic E-state index is 14.3. The molecular formula is C16H28F2N5O2S+. The Kier molecular flexibility index (Phi) is 5.77. The van der Waals surface area contributed by atoms with Gasteiger partial charge in [0.2, 0.25) is 0 Å². The number of ether oxygens (including phenoxy) is 1. The summed E-state index contributed by atoms with van der Waals surface area (Å²) in [7, 11) is 5.32. The van der Waals surface area contributed by atoms with Crippen molar-refractivity contribution >= 4 is 23.9 Å². The van der Waals surface area contributed by atoms with E-state index in [1.165, 1.54) is 0 Å². The topological polar surface area (TPSA) is 59.4 Å². The number of hydrogen-bond donors (Lipinski definition) is 1. The standard InChI is InChI=1S/C16H27F2N5O2S/c1-15(2,3)25-14(24)20-26-22(13-8-19-21(4)9-13)12-7-16(17,18)11-23(5,6)10-12/h8-9,12H,7,10-11H2,1-6H3/p+1. The van der Waals surface area contributed by atoms with Gasteiger partial charge in [-0.15, -0.1) is 0 Å². The second kappa shape index (κ2) is 7.22. The third-order valence-corrected chi connectivity index (χ3v) is 4.77. The van der Waals surface area contributed by atoms with Crippen LogP contribution >= 0.6 is 12.1 Å². The van der Waals surface area contributed by atoms with Crippen LogP contribution in [-0.4, -0.2) is 65.1 Å². The first-order chi connectivity index (χ1) is 11.8. The number of aromatic nitrogens is 2. The van der Waals surface area contributed by atoms with Crippen LogP contribution in [0.15, 0.2) is 12.4 Å². The van der Waals surface area contributed by atoms with E-state index >= 15 is 0 Å². The van der Waals surface area contributed by atoms with Gasteiger partial charge in [0.1, 0.15) is 18.7 Å². The van der Waals surface area contributed by atoms with E-state index < -0.39 is 23.7 Å². The second-order valence-electron chi connectivity index (χ2n) is 8.38. The van der Waals surface area contributed by atoms with Crippen LogP contribution in [0.3, 0.4) is 0 Å². The molecule has 148 valence electrons. The number of amides is 1. The smallest absolute Gasteiger partial charge is 0.419 e. The number of piperidine rings is 1. The summed E-state index contributed by atoms with van der Waals surface area (Å²) in [4.78, 5) is 12.0. The van der Waals surface area contributed by atoms with E-state index in [2.05, 4.69) is 9.82 Å². The molecule has 0 spiro atoms. The average molecular weight is 392 g/mol. The summed E-state index contributed by atoms with van der Waals surface area (Å²) in [6, 6.07) is -0.474. The van der Waals surface area contributed by atoms with Crippen LogP contribution in [0.25, 0.3) is 0 Å². The van der Waals surface area contributed by atoms with Crippen molar-refractivity contribution in [3.63, 3.8) is 0 Å². The summed E-state index contributed by atoms with van der Waals surface area (Å²) >= 11 is 0.957. The molecule has 1 unspecified atom stereocenters. The van der Waals surface area contributed by atoms with E-state index in [1.807, 2.05) is 0 Å². The van der Waals surface area contributed by atoms with Crippen molar-refractivity contribution in [1.29, 1.82) is 0 Å². The van der Waals surface area contributed by atoms with Crippen molar-refractivity contribution in [3.05, 3.63) is 12.4 Å². The van der Waals surface area contributed by atoms with E-state index in [4.69, 9.17) is 4.74 Å². The van der Waals surface area contributed by atoms with Crippen molar-refractivity contribution in [1.82, 2.24) is 14.5 Å². The monoisotopic (exact) mass is 392 g/mol. The predicted octanol–water partition coefficient (Wildman–Crippen LogP) is 2.80. The Morgan fingerprint density at radius 3 is 2.65 bits per heavy atom. The number of quaternary nitrogens is 1. The molecule has 0 bridgehead atoms. The van der Waals surface area contributed by atoms with E-state index in [1.54, 1.807) is 63.3 Å². The van der Waals surface area contributed by atoms with Gasteiger partial charge in [0.05, 0.1) is 44.2 Å². The second-order valence-corrected chi connectivity index (χ2v) is 9.16. The molecule has 2 rings (SSSR count). The number of carbonyl (C=O) groups excluding carboxylic acids is 1. The lowest BCUT2D eigenvalue weighted by atomic mass is 10.0. The minimum Gasteiger partial charge on any atom is -0.443 e. The van der Waals surface area contributed by atoms with Crippen LogP contribution < -0.4 is 9.03 Å². The number of likely N-dealkylation sites (tertiary alicyclic amines) is 1. The summed E-state index contributed by atoms with van der Waals surface area (Å²) in [6.07, 6.45) is 2.42. The van der Waals surface area contributed by atoms with Gasteiger partial charge in [-0.3, -0.25) is 8.99 Å². The van der Waals surface area contributed by atoms with Crippen LogP contribution in [0.1, 0.15) is 27.2 Å². The fourth-order valence-corrected chi connectivity index (χ4v) is 3.84. The molecule has 1 aromatic rings. The molecule has 1 aromatic heterocycles. The van der Waals surface area contributed by atoms with Crippen molar-refractivity contribution in [2.45, 2.75) is 44.8 Å². The Bertz CT molecular complexity index is 629. The van der Waals surface area contributed by atoms with Crippen molar-refractivity contribution in [3.8, 4) is 0 Å². The van der Waals surface area contributed by atoms with Crippen molar-refractivity contribution in [2.75, 3.05) is 31.5 Å². The molecule has 1 aliphatic heterocycles. The fourth-order valence-electron chi connectivity index (χ4n) is 3.14. The van der Waals surface area contributed by atoms with Crippen LogP contribution in [0.5, 0.6) is 0 Å². The molecule has 2 heterocycles. The molecule has 26 heavy (non-hydrogen) atoms. The zero-order valence-corrected chi connectivity index (χ0v) is 16.9. The summed E-state index contributed by atoms with van der Waals surface area (Å²) < 4.78 is 39.8. The predicted molar refractivity (Wildman–Crippen MR) is 97.8 cm³/mol. The van der Waals surface area contributed by atoms with Gasteiger partial charge in [0.15, 0.2) is 0 Å². The Labute approximate surface area is 157 Å². The maximum absolute atomic E-state index is 14.3. The molecule has 1 atom stereocenters. The molecule has 1 amide bonds. The average Bonchev–Trinajstić information content (AvgIpc) is 2.79. The number of rotatable bonds is 4. The number of aryl methyl sites for hydroxylation is 1. The third-order valence-electron chi connectivity index (χ3n) is 3.80. The van der Waals surface area contributed by atoms with Gasteiger partial charge in [0.25, 0.3) is 5.92 Å². The molecule has 1 fully saturated rings. The number of likely N-dealkylation sites (N-methyl/N-ethyl adjacent to an activating group) is 1. The number of anilines is 1. The van der Waals surface area contributed by atoms with Gasteiger partial charge in [-0.25, -0.2) is 18.3 Å². The Morgan fingerprint density at radius 1 is 1.50 bits per heavy atom. The molecule has 10 heteroatoms. The molecule has 0 aliphatic carbocycles. The van der Waals surface area contributed by atoms with Gasteiger partial charge < -0.3 is 9.22 Å². The highest BCUT2D eigenvalue weighted by Gasteiger charge is 2.48. The molecular weight excluding hydrogens is 364 g/mol. The summed E-state index contributed by atoms with van der Waals surface area (Å²) in [5.41, 5.74) is 0.0109. The van der Waals surface area contributed by atoms with Gasteiger partial charge >= 0.3 is 6.09 Å². The van der Waals surface area contributed by atoms with E-state index in [0.717, 1.165) is 12.1 Å². The van der Waals surface area contributed by atoms with Gasteiger partial charge in [-0.2, -0.15) is 5.10 Å². The van der Waals surface area contributed by atoms with E-state index in [-0.39, 0.29) is 17.4 Å². The number of halogens is 2. The van der Waals surface area contributed by atoms with Gasteiger partial charge in [0, 0.05) is 19.7 Å². The lowest BCUT2D eigenvalue weighted by Gasteiger charge is -2.44. The minimum atomic E-state index is -2.78. The Balaban J connectivity index is 2.18. The van der Waals surface area contributed by atoms with Crippen molar-refractivity contribution in [2.24, 2.45) is 7.05 Å². The Morgan fingerprint density at radius 2 is 2.15 bits per heavy atom. The van der Waals surface area contributed by atoms with Crippen molar-refractivity contribution < 1.29 is 22.8 Å². The van der Waals surface area contributed by atoms with E-state index in [9.17, 15) is 13.6 Å². The molecule has 1 saturated heterocycles. The van der Waals surface area contributed by atoms with Gasteiger partial charge in [-0.1, -0.05) is 0 Å². The van der Waals surface area contributed by atoms with Crippen LogP contribution in [0, 0.1) is 0 Å². The lowest BCUT2D eigenvalue weighted by molar-refractivity contribution is -0.904. The highest BCUT2D eigenvalue weighted by molar-refractivity contribution is 7.99. The lowest BCUT2D eigenvalue weighted by Crippen LogP contribution is -2.61. The molecule has 1 N–H and O–H groups in total. The largest absolute Gasteiger partial charge is 0.443 e. The zero-order valence-electron chi connectivity index (χ0n) is 16.1. The normalized spacial score (nSPS) is 21.9. The van der Waals surface area contributed by atoms with Crippen LogP contribution in [0.2, 0.25) is 0 Å². The quantitative estimate of drug-likeness (QED) is 0.631. The maximum Gasteiger partial charge on any atom is 0.419 e. The third kappa shape index (κ3) is 6.01.